The lowest BCUT2D eigenvalue weighted by atomic mass is 9.98. The second-order valence-corrected chi connectivity index (χ2v) is 6.26. The molecule has 0 aliphatic heterocycles. The molecule has 0 amide bonds. The predicted octanol–water partition coefficient (Wildman–Crippen LogP) is 4.81. The summed E-state index contributed by atoms with van der Waals surface area (Å²) in [5.41, 5.74) is 2.44. The highest BCUT2D eigenvalue weighted by atomic mass is 35.5. The first kappa shape index (κ1) is 15.4. The lowest BCUT2D eigenvalue weighted by molar-refractivity contribution is 0.404. The maximum Gasteiger partial charge on any atom is 0.125 e. The van der Waals surface area contributed by atoms with Gasteiger partial charge < -0.3 is 10.1 Å². The fourth-order valence-corrected chi connectivity index (χ4v) is 3.20. The van der Waals surface area contributed by atoms with E-state index in [0.717, 1.165) is 24.3 Å². The van der Waals surface area contributed by atoms with Crippen LogP contribution in [0.1, 0.15) is 35.4 Å². The van der Waals surface area contributed by atoms with Gasteiger partial charge in [0, 0.05) is 15.5 Å². The number of ether oxygens (including phenoxy) is 1. The van der Waals surface area contributed by atoms with Crippen molar-refractivity contribution in [2.75, 3.05) is 13.7 Å². The molecule has 4 heteroatoms. The average Bonchev–Trinajstić information content (AvgIpc) is 2.86. The van der Waals surface area contributed by atoms with Crippen LogP contribution < -0.4 is 10.1 Å². The summed E-state index contributed by atoms with van der Waals surface area (Å²) in [7, 11) is 1.69. The smallest absolute Gasteiger partial charge is 0.125 e. The first-order chi connectivity index (χ1) is 9.67. The zero-order valence-electron chi connectivity index (χ0n) is 12.1. The second-order valence-electron chi connectivity index (χ2n) is 4.71. The maximum atomic E-state index is 6.06. The monoisotopic (exact) mass is 309 g/mol. The molecule has 0 saturated heterocycles. The minimum atomic E-state index is 0.147. The van der Waals surface area contributed by atoms with E-state index < -0.39 is 0 Å². The van der Waals surface area contributed by atoms with E-state index in [-0.39, 0.29) is 6.04 Å². The van der Waals surface area contributed by atoms with Crippen LogP contribution in [0.25, 0.3) is 0 Å². The van der Waals surface area contributed by atoms with Crippen LogP contribution in [0.5, 0.6) is 5.75 Å². The fourth-order valence-electron chi connectivity index (χ4n) is 2.29. The van der Waals surface area contributed by atoms with Crippen LogP contribution in [0.4, 0.5) is 0 Å². The van der Waals surface area contributed by atoms with Crippen molar-refractivity contribution in [1.82, 2.24) is 5.32 Å². The van der Waals surface area contributed by atoms with Gasteiger partial charge in [-0.15, -0.1) is 11.3 Å². The number of halogens is 1. The van der Waals surface area contributed by atoms with Crippen molar-refractivity contribution in [3.05, 3.63) is 50.7 Å². The molecule has 2 nitrogen and oxygen atoms in total. The molecule has 0 radical (unpaired) electrons. The Balaban J connectivity index is 2.43. The molecule has 1 heterocycles. The van der Waals surface area contributed by atoms with Gasteiger partial charge >= 0.3 is 0 Å². The van der Waals surface area contributed by atoms with Gasteiger partial charge in [-0.1, -0.05) is 24.6 Å². The predicted molar refractivity (Wildman–Crippen MR) is 87.2 cm³/mol. The van der Waals surface area contributed by atoms with Crippen molar-refractivity contribution in [3.8, 4) is 5.75 Å². The third-order valence-electron chi connectivity index (χ3n) is 3.31. The molecule has 0 spiro atoms. The van der Waals surface area contributed by atoms with Gasteiger partial charge in [0.1, 0.15) is 5.75 Å². The Morgan fingerprint density at radius 3 is 2.70 bits per heavy atom. The lowest BCUT2D eigenvalue weighted by Crippen LogP contribution is -2.23. The Bertz CT molecular complexity index is 567. The molecule has 0 aliphatic rings. The highest BCUT2D eigenvalue weighted by molar-refractivity contribution is 7.10. The normalized spacial score (nSPS) is 12.4. The van der Waals surface area contributed by atoms with Crippen LogP contribution in [0.3, 0.4) is 0 Å². The number of hydrogen-bond donors (Lipinski definition) is 1. The van der Waals surface area contributed by atoms with Gasteiger partial charge in [0.25, 0.3) is 0 Å². The summed E-state index contributed by atoms with van der Waals surface area (Å²) in [5.74, 6) is 0.830. The molecule has 20 heavy (non-hydrogen) atoms. The number of aryl methyl sites for hydroxylation is 1. The zero-order valence-corrected chi connectivity index (χ0v) is 13.6. The average molecular weight is 310 g/mol. The minimum Gasteiger partial charge on any atom is -0.496 e. The van der Waals surface area contributed by atoms with Gasteiger partial charge in [0.2, 0.25) is 0 Å². The van der Waals surface area contributed by atoms with E-state index in [1.807, 2.05) is 18.2 Å². The van der Waals surface area contributed by atoms with Crippen molar-refractivity contribution in [3.63, 3.8) is 0 Å². The molecule has 0 saturated carbocycles. The maximum absolute atomic E-state index is 6.06. The molecule has 0 bridgehead atoms. The summed E-state index contributed by atoms with van der Waals surface area (Å²) in [6.07, 6.45) is 1.09. The number of hydrogen-bond acceptors (Lipinski definition) is 3. The van der Waals surface area contributed by atoms with Crippen LogP contribution >= 0.6 is 22.9 Å². The summed E-state index contributed by atoms with van der Waals surface area (Å²) in [5, 5.41) is 6.44. The SMILES string of the molecule is CCCNC(c1ccc(Cl)cc1OC)c1ccsc1C. The molecule has 1 unspecified atom stereocenters. The topological polar surface area (TPSA) is 21.3 Å². The van der Waals surface area contributed by atoms with Crippen molar-refractivity contribution < 1.29 is 4.74 Å². The van der Waals surface area contributed by atoms with E-state index in [4.69, 9.17) is 16.3 Å². The van der Waals surface area contributed by atoms with Crippen LogP contribution in [0, 0.1) is 6.92 Å². The Labute approximate surface area is 129 Å². The fraction of sp³-hybridized carbons (Fsp3) is 0.375. The van der Waals surface area contributed by atoms with E-state index in [0.29, 0.717) is 5.02 Å². The summed E-state index contributed by atoms with van der Waals surface area (Å²) in [6, 6.07) is 8.17. The van der Waals surface area contributed by atoms with E-state index in [1.165, 1.54) is 10.4 Å². The standard InChI is InChI=1S/C16H20ClNOS/c1-4-8-18-16(13-7-9-20-11(13)2)14-6-5-12(17)10-15(14)19-3/h5-7,9-10,16,18H,4,8H2,1-3H3. The Morgan fingerprint density at radius 1 is 1.30 bits per heavy atom. The third kappa shape index (κ3) is 3.35. The van der Waals surface area contributed by atoms with Crippen molar-refractivity contribution in [2.24, 2.45) is 0 Å². The number of thiophene rings is 1. The van der Waals surface area contributed by atoms with Crippen molar-refractivity contribution in [2.45, 2.75) is 26.3 Å². The highest BCUT2D eigenvalue weighted by Gasteiger charge is 2.20. The number of benzene rings is 1. The molecule has 1 atom stereocenters. The molecule has 0 aliphatic carbocycles. The number of rotatable bonds is 6. The van der Waals surface area contributed by atoms with Gasteiger partial charge in [-0.3, -0.25) is 0 Å². The van der Waals surface area contributed by atoms with Gasteiger partial charge in [-0.2, -0.15) is 0 Å². The Kier molecular flexibility index (Phi) is 5.46. The molecule has 108 valence electrons. The van der Waals surface area contributed by atoms with E-state index in [2.05, 4.69) is 30.6 Å². The molecule has 2 rings (SSSR count). The van der Waals surface area contributed by atoms with Crippen LogP contribution in [0.2, 0.25) is 5.02 Å². The molecular formula is C16H20ClNOS. The molecule has 2 aromatic rings. The number of nitrogens with one attached hydrogen (secondary N) is 1. The number of methoxy groups -OCH3 is 1. The molecule has 1 aromatic heterocycles. The highest BCUT2D eigenvalue weighted by Crippen LogP contribution is 2.34. The first-order valence-corrected chi connectivity index (χ1v) is 8.04. The molecule has 1 N–H and O–H groups in total. The lowest BCUT2D eigenvalue weighted by Gasteiger charge is -2.22. The van der Waals surface area contributed by atoms with Crippen LogP contribution in [-0.2, 0) is 0 Å². The Morgan fingerprint density at radius 2 is 2.10 bits per heavy atom. The first-order valence-electron chi connectivity index (χ1n) is 6.78. The van der Waals surface area contributed by atoms with E-state index >= 15 is 0 Å². The third-order valence-corrected chi connectivity index (χ3v) is 4.41. The van der Waals surface area contributed by atoms with E-state index in [9.17, 15) is 0 Å². The summed E-state index contributed by atoms with van der Waals surface area (Å²) >= 11 is 7.83. The second kappa shape index (κ2) is 7.11. The quantitative estimate of drug-likeness (QED) is 0.827. The largest absolute Gasteiger partial charge is 0.496 e. The van der Waals surface area contributed by atoms with Crippen molar-refractivity contribution in [1.29, 1.82) is 0 Å². The van der Waals surface area contributed by atoms with Gasteiger partial charge in [-0.25, -0.2) is 0 Å². The molecular weight excluding hydrogens is 290 g/mol. The van der Waals surface area contributed by atoms with Gasteiger partial charge in [0.15, 0.2) is 0 Å². The van der Waals surface area contributed by atoms with Gasteiger partial charge in [-0.05, 0) is 49.0 Å². The summed E-state index contributed by atoms with van der Waals surface area (Å²) in [6.45, 7) is 5.29. The molecule has 0 fully saturated rings. The Hall–Kier alpha value is -1.03. The van der Waals surface area contributed by atoms with Crippen molar-refractivity contribution >= 4 is 22.9 Å². The zero-order chi connectivity index (χ0) is 14.5. The van der Waals surface area contributed by atoms with Crippen LogP contribution in [0.15, 0.2) is 29.6 Å². The van der Waals surface area contributed by atoms with E-state index in [1.54, 1.807) is 18.4 Å². The molecule has 1 aromatic carbocycles. The minimum absolute atomic E-state index is 0.147. The summed E-state index contributed by atoms with van der Waals surface area (Å²) in [4.78, 5) is 1.33. The summed E-state index contributed by atoms with van der Waals surface area (Å²) < 4.78 is 5.50. The van der Waals surface area contributed by atoms with Gasteiger partial charge in [0.05, 0.1) is 13.2 Å². The van der Waals surface area contributed by atoms with Crippen LogP contribution in [-0.4, -0.2) is 13.7 Å².